The average molecular weight is 500 g/mol. The number of hydrogen-bond donors (Lipinski definition) is 0. The van der Waals surface area contributed by atoms with Gasteiger partial charge < -0.3 is 4.57 Å². The standard InChI is InChI=1S/C27H19Cl2N5O/c1-16-30-25-23(27(35)33(16)14-17-10-12-19(28)13-11-17)24-26(32-22-9-5-4-8-21(22)31-24)34(25)15-18-6-2-3-7-20(18)29/h2-13H,14-15H2,1H3. The fourth-order valence-corrected chi connectivity index (χ4v) is 4.72. The van der Waals surface area contributed by atoms with Crippen molar-refractivity contribution in [3.63, 3.8) is 0 Å². The molecule has 6 aromatic rings. The highest BCUT2D eigenvalue weighted by molar-refractivity contribution is 6.31. The van der Waals surface area contributed by atoms with E-state index in [2.05, 4.69) is 0 Å². The van der Waals surface area contributed by atoms with Gasteiger partial charge in [0, 0.05) is 10.0 Å². The van der Waals surface area contributed by atoms with E-state index in [1.54, 1.807) is 4.57 Å². The topological polar surface area (TPSA) is 65.6 Å². The van der Waals surface area contributed by atoms with Crippen molar-refractivity contribution in [1.29, 1.82) is 0 Å². The second-order valence-electron chi connectivity index (χ2n) is 8.44. The van der Waals surface area contributed by atoms with Crippen molar-refractivity contribution < 1.29 is 0 Å². The number of halogens is 2. The van der Waals surface area contributed by atoms with Crippen LogP contribution >= 0.6 is 23.2 Å². The van der Waals surface area contributed by atoms with Crippen molar-refractivity contribution >= 4 is 56.4 Å². The van der Waals surface area contributed by atoms with Gasteiger partial charge in [0.2, 0.25) is 0 Å². The predicted molar refractivity (Wildman–Crippen MR) is 140 cm³/mol. The lowest BCUT2D eigenvalue weighted by atomic mass is 10.2. The summed E-state index contributed by atoms with van der Waals surface area (Å²) in [6.07, 6.45) is 0. The second-order valence-corrected chi connectivity index (χ2v) is 9.28. The maximum atomic E-state index is 13.9. The normalized spacial score (nSPS) is 11.6. The molecule has 6 rings (SSSR count). The zero-order valence-electron chi connectivity index (χ0n) is 18.7. The van der Waals surface area contributed by atoms with Gasteiger partial charge in [-0.1, -0.05) is 65.7 Å². The molecule has 8 heteroatoms. The number of benzene rings is 3. The summed E-state index contributed by atoms with van der Waals surface area (Å²) in [6.45, 7) is 2.63. The van der Waals surface area contributed by atoms with Gasteiger partial charge in [0.15, 0.2) is 11.3 Å². The van der Waals surface area contributed by atoms with Crippen molar-refractivity contribution in [2.45, 2.75) is 20.0 Å². The molecule has 172 valence electrons. The minimum Gasteiger partial charge on any atom is -0.304 e. The Morgan fingerprint density at radius 1 is 0.743 bits per heavy atom. The molecule has 0 saturated heterocycles. The third-order valence-electron chi connectivity index (χ3n) is 6.18. The molecule has 0 aliphatic carbocycles. The van der Waals surface area contributed by atoms with E-state index >= 15 is 0 Å². The first kappa shape index (κ1) is 21.8. The fraction of sp³-hybridized carbons (Fsp3) is 0.111. The van der Waals surface area contributed by atoms with Gasteiger partial charge in [-0.15, -0.1) is 0 Å². The molecule has 0 spiro atoms. The zero-order chi connectivity index (χ0) is 24.1. The minimum absolute atomic E-state index is 0.157. The number of aryl methyl sites for hydroxylation is 1. The van der Waals surface area contributed by atoms with Crippen molar-refractivity contribution in [3.05, 3.63) is 110 Å². The Bertz CT molecular complexity index is 1810. The monoisotopic (exact) mass is 499 g/mol. The van der Waals surface area contributed by atoms with Crippen LogP contribution in [-0.2, 0) is 13.1 Å². The van der Waals surface area contributed by atoms with Gasteiger partial charge >= 0.3 is 0 Å². The van der Waals surface area contributed by atoms with Gasteiger partial charge in [0.05, 0.1) is 24.1 Å². The molecule has 0 N–H and O–H groups in total. The molecule has 35 heavy (non-hydrogen) atoms. The average Bonchev–Trinajstić information content (AvgIpc) is 3.15. The van der Waals surface area contributed by atoms with E-state index in [4.69, 9.17) is 38.2 Å². The van der Waals surface area contributed by atoms with Crippen LogP contribution in [0.3, 0.4) is 0 Å². The van der Waals surface area contributed by atoms with Crippen LogP contribution in [0.2, 0.25) is 10.0 Å². The lowest BCUT2D eigenvalue weighted by Gasteiger charge is -2.12. The van der Waals surface area contributed by atoms with Crippen LogP contribution in [0, 0.1) is 6.92 Å². The molecule has 0 saturated carbocycles. The molecule has 0 fully saturated rings. The van der Waals surface area contributed by atoms with Crippen molar-refractivity contribution in [2.75, 3.05) is 0 Å². The highest BCUT2D eigenvalue weighted by atomic mass is 35.5. The molecular weight excluding hydrogens is 481 g/mol. The highest BCUT2D eigenvalue weighted by Gasteiger charge is 2.22. The highest BCUT2D eigenvalue weighted by Crippen LogP contribution is 2.28. The number of hydrogen-bond acceptors (Lipinski definition) is 4. The number of para-hydroxylation sites is 2. The lowest BCUT2D eigenvalue weighted by molar-refractivity contribution is 0.707. The summed E-state index contributed by atoms with van der Waals surface area (Å²) in [5.41, 5.74) is 4.87. The lowest BCUT2D eigenvalue weighted by Crippen LogP contribution is -2.24. The van der Waals surface area contributed by atoms with E-state index in [1.807, 2.05) is 84.3 Å². The Hall–Kier alpha value is -3.74. The first-order valence-electron chi connectivity index (χ1n) is 11.1. The molecule has 3 aromatic heterocycles. The van der Waals surface area contributed by atoms with Crippen LogP contribution < -0.4 is 5.56 Å². The second kappa shape index (κ2) is 8.48. The maximum Gasteiger partial charge on any atom is 0.265 e. The third-order valence-corrected chi connectivity index (χ3v) is 6.80. The molecule has 0 amide bonds. The quantitative estimate of drug-likeness (QED) is 0.298. The minimum atomic E-state index is -0.157. The van der Waals surface area contributed by atoms with E-state index in [9.17, 15) is 4.79 Å². The molecule has 0 radical (unpaired) electrons. The Balaban J connectivity index is 1.65. The van der Waals surface area contributed by atoms with Crippen LogP contribution in [0.1, 0.15) is 17.0 Å². The van der Waals surface area contributed by atoms with Gasteiger partial charge in [-0.05, 0) is 48.4 Å². The van der Waals surface area contributed by atoms with Gasteiger partial charge in [-0.25, -0.2) is 15.0 Å². The summed E-state index contributed by atoms with van der Waals surface area (Å²) >= 11 is 12.5. The van der Waals surface area contributed by atoms with E-state index < -0.39 is 0 Å². The summed E-state index contributed by atoms with van der Waals surface area (Å²) in [5, 5.41) is 1.74. The number of rotatable bonds is 4. The summed E-state index contributed by atoms with van der Waals surface area (Å²) in [7, 11) is 0. The molecular formula is C27H19Cl2N5O. The van der Waals surface area contributed by atoms with Gasteiger partial charge in [0.1, 0.15) is 16.7 Å². The summed E-state index contributed by atoms with van der Waals surface area (Å²) in [4.78, 5) is 28.5. The third kappa shape index (κ3) is 3.75. The zero-order valence-corrected chi connectivity index (χ0v) is 20.3. The predicted octanol–water partition coefficient (Wildman–Crippen LogP) is 6.01. The summed E-state index contributed by atoms with van der Waals surface area (Å²) in [6, 6.07) is 22.7. The maximum absolute atomic E-state index is 13.9. The largest absolute Gasteiger partial charge is 0.304 e. The van der Waals surface area contributed by atoms with E-state index in [1.165, 1.54) is 0 Å². The van der Waals surface area contributed by atoms with Gasteiger partial charge in [-0.3, -0.25) is 9.36 Å². The number of nitrogens with zero attached hydrogens (tertiary/aromatic N) is 5. The SMILES string of the molecule is Cc1nc2c(c(=O)n1Cc1ccc(Cl)cc1)c1nc3ccccc3nc1n2Cc1ccccc1Cl. The molecule has 3 aromatic carbocycles. The Labute approximate surface area is 210 Å². The van der Waals surface area contributed by atoms with Crippen molar-refractivity contribution in [1.82, 2.24) is 24.1 Å². The number of fused-ring (bicyclic) bond motifs is 4. The van der Waals surface area contributed by atoms with Crippen LogP contribution in [0.15, 0.2) is 77.6 Å². The molecule has 0 aliphatic heterocycles. The van der Waals surface area contributed by atoms with Gasteiger partial charge in [0.25, 0.3) is 5.56 Å². The Morgan fingerprint density at radius 2 is 1.43 bits per heavy atom. The van der Waals surface area contributed by atoms with Crippen LogP contribution in [0.5, 0.6) is 0 Å². The smallest absolute Gasteiger partial charge is 0.265 e. The number of aromatic nitrogens is 5. The van der Waals surface area contributed by atoms with Crippen molar-refractivity contribution in [3.8, 4) is 0 Å². The van der Waals surface area contributed by atoms with Crippen LogP contribution in [0.25, 0.3) is 33.2 Å². The summed E-state index contributed by atoms with van der Waals surface area (Å²) < 4.78 is 3.61. The Morgan fingerprint density at radius 3 is 2.17 bits per heavy atom. The molecule has 3 heterocycles. The Kier molecular flexibility index (Phi) is 5.28. The summed E-state index contributed by atoms with van der Waals surface area (Å²) in [5.74, 6) is 0.602. The molecule has 0 aliphatic rings. The first-order chi connectivity index (χ1) is 17.0. The van der Waals surface area contributed by atoms with E-state index in [0.29, 0.717) is 51.2 Å². The fourth-order valence-electron chi connectivity index (χ4n) is 4.40. The van der Waals surface area contributed by atoms with Crippen LogP contribution in [-0.4, -0.2) is 24.1 Å². The molecule has 0 unspecified atom stereocenters. The van der Waals surface area contributed by atoms with Crippen LogP contribution in [0.4, 0.5) is 0 Å². The van der Waals surface area contributed by atoms with E-state index in [0.717, 1.165) is 22.2 Å². The first-order valence-corrected chi connectivity index (χ1v) is 11.9. The molecule has 0 atom stereocenters. The van der Waals surface area contributed by atoms with E-state index in [-0.39, 0.29) is 5.56 Å². The molecule has 6 nitrogen and oxygen atoms in total. The molecule has 0 bridgehead atoms. The van der Waals surface area contributed by atoms with Gasteiger partial charge in [-0.2, -0.15) is 0 Å². The van der Waals surface area contributed by atoms with Crippen molar-refractivity contribution in [2.24, 2.45) is 0 Å².